The Bertz CT molecular complexity index is 297. The summed E-state index contributed by atoms with van der Waals surface area (Å²) in [5.41, 5.74) is 1.17. The third-order valence-electron chi connectivity index (χ3n) is 2.52. The fraction of sp³-hybridized carbons (Fsp3) is 0.545. The SMILES string of the molecule is Cc1ccc(O[C@H]2CCN(C)C2)nc1. The van der Waals surface area contributed by atoms with E-state index in [1.165, 1.54) is 5.56 Å². The minimum atomic E-state index is 0.315. The van der Waals surface area contributed by atoms with Crippen molar-refractivity contribution in [3.63, 3.8) is 0 Å². The first-order chi connectivity index (χ1) is 6.74. The van der Waals surface area contributed by atoms with Gasteiger partial charge in [0.1, 0.15) is 6.10 Å². The van der Waals surface area contributed by atoms with Crippen LogP contribution in [0.1, 0.15) is 12.0 Å². The second kappa shape index (κ2) is 3.96. The van der Waals surface area contributed by atoms with Crippen LogP contribution in [0.5, 0.6) is 5.88 Å². The van der Waals surface area contributed by atoms with Crippen molar-refractivity contribution in [2.24, 2.45) is 0 Å². The smallest absolute Gasteiger partial charge is 0.213 e. The molecule has 0 aliphatic carbocycles. The van der Waals surface area contributed by atoms with E-state index in [9.17, 15) is 0 Å². The molecule has 0 radical (unpaired) electrons. The maximum Gasteiger partial charge on any atom is 0.213 e. The van der Waals surface area contributed by atoms with Gasteiger partial charge < -0.3 is 9.64 Å². The van der Waals surface area contributed by atoms with Crippen LogP contribution in [0.4, 0.5) is 0 Å². The third kappa shape index (κ3) is 2.23. The Kier molecular flexibility index (Phi) is 2.68. The first kappa shape index (κ1) is 9.46. The molecule has 0 saturated carbocycles. The number of nitrogens with zero attached hydrogens (tertiary/aromatic N) is 2. The van der Waals surface area contributed by atoms with E-state index in [0.717, 1.165) is 25.4 Å². The Morgan fingerprint density at radius 1 is 1.50 bits per heavy atom. The number of likely N-dealkylation sites (tertiary alicyclic amines) is 1. The van der Waals surface area contributed by atoms with Gasteiger partial charge in [-0.15, -0.1) is 0 Å². The van der Waals surface area contributed by atoms with Crippen LogP contribution in [0.15, 0.2) is 18.3 Å². The lowest BCUT2D eigenvalue weighted by molar-refractivity contribution is 0.200. The highest BCUT2D eigenvalue weighted by molar-refractivity contribution is 5.16. The zero-order valence-electron chi connectivity index (χ0n) is 8.73. The van der Waals surface area contributed by atoms with Crippen LogP contribution in [0.3, 0.4) is 0 Å². The van der Waals surface area contributed by atoms with Gasteiger partial charge in [0.15, 0.2) is 0 Å². The van der Waals surface area contributed by atoms with Crippen LogP contribution >= 0.6 is 0 Å². The number of hydrogen-bond acceptors (Lipinski definition) is 3. The van der Waals surface area contributed by atoms with E-state index in [0.29, 0.717) is 6.10 Å². The topological polar surface area (TPSA) is 25.4 Å². The Morgan fingerprint density at radius 2 is 2.36 bits per heavy atom. The molecule has 1 saturated heterocycles. The molecule has 0 unspecified atom stereocenters. The molecule has 2 heterocycles. The summed E-state index contributed by atoms with van der Waals surface area (Å²) in [5.74, 6) is 0.746. The van der Waals surface area contributed by atoms with Crippen molar-refractivity contribution in [2.75, 3.05) is 20.1 Å². The van der Waals surface area contributed by atoms with Gasteiger partial charge in [-0.1, -0.05) is 6.07 Å². The zero-order chi connectivity index (χ0) is 9.97. The van der Waals surface area contributed by atoms with Crippen molar-refractivity contribution in [3.8, 4) is 5.88 Å². The van der Waals surface area contributed by atoms with Crippen molar-refractivity contribution in [1.82, 2.24) is 9.88 Å². The van der Waals surface area contributed by atoms with Gasteiger partial charge in [0.05, 0.1) is 0 Å². The van der Waals surface area contributed by atoms with Crippen LogP contribution in [0, 0.1) is 6.92 Å². The lowest BCUT2D eigenvalue weighted by Crippen LogP contribution is -2.21. The summed E-state index contributed by atoms with van der Waals surface area (Å²) in [5, 5.41) is 0. The van der Waals surface area contributed by atoms with Gasteiger partial charge in [-0.05, 0) is 26.0 Å². The van der Waals surface area contributed by atoms with Gasteiger partial charge in [-0.2, -0.15) is 0 Å². The molecule has 1 aromatic heterocycles. The molecule has 0 aromatic carbocycles. The molecule has 76 valence electrons. The number of aromatic nitrogens is 1. The Hall–Kier alpha value is -1.09. The molecule has 2 rings (SSSR count). The van der Waals surface area contributed by atoms with Gasteiger partial charge in [-0.25, -0.2) is 4.98 Å². The molecule has 1 aromatic rings. The zero-order valence-corrected chi connectivity index (χ0v) is 8.73. The van der Waals surface area contributed by atoms with Crippen molar-refractivity contribution >= 4 is 0 Å². The molecular formula is C11H16N2O. The molecule has 1 fully saturated rings. The van der Waals surface area contributed by atoms with Crippen LogP contribution < -0.4 is 4.74 Å². The van der Waals surface area contributed by atoms with E-state index in [-0.39, 0.29) is 0 Å². The fourth-order valence-corrected chi connectivity index (χ4v) is 1.69. The number of likely N-dealkylation sites (N-methyl/N-ethyl adjacent to an activating group) is 1. The molecule has 1 aliphatic rings. The van der Waals surface area contributed by atoms with Gasteiger partial charge >= 0.3 is 0 Å². The minimum Gasteiger partial charge on any atom is -0.473 e. The summed E-state index contributed by atoms with van der Waals surface area (Å²) in [6, 6.07) is 3.97. The summed E-state index contributed by atoms with van der Waals surface area (Å²) in [6.07, 6.45) is 3.26. The summed E-state index contributed by atoms with van der Waals surface area (Å²) < 4.78 is 5.75. The molecule has 0 spiro atoms. The normalized spacial score (nSPS) is 22.6. The van der Waals surface area contributed by atoms with Crippen LogP contribution in [0.25, 0.3) is 0 Å². The molecule has 0 bridgehead atoms. The predicted molar refractivity (Wildman–Crippen MR) is 55.5 cm³/mol. The summed E-state index contributed by atoms with van der Waals surface area (Å²) >= 11 is 0. The second-order valence-corrected chi connectivity index (χ2v) is 3.96. The van der Waals surface area contributed by atoms with Gasteiger partial charge in [0.25, 0.3) is 0 Å². The van der Waals surface area contributed by atoms with Crippen molar-refractivity contribution in [3.05, 3.63) is 23.9 Å². The Morgan fingerprint density at radius 3 is 2.93 bits per heavy atom. The number of hydrogen-bond donors (Lipinski definition) is 0. The number of rotatable bonds is 2. The summed E-state index contributed by atoms with van der Waals surface area (Å²) in [6.45, 7) is 4.16. The van der Waals surface area contributed by atoms with E-state index in [4.69, 9.17) is 4.74 Å². The van der Waals surface area contributed by atoms with Gasteiger partial charge in [-0.3, -0.25) is 0 Å². The third-order valence-corrected chi connectivity index (χ3v) is 2.52. The molecule has 0 N–H and O–H groups in total. The number of aryl methyl sites for hydroxylation is 1. The molecule has 1 atom stereocenters. The van der Waals surface area contributed by atoms with Crippen molar-refractivity contribution < 1.29 is 4.74 Å². The summed E-state index contributed by atoms with van der Waals surface area (Å²) in [4.78, 5) is 6.50. The standard InChI is InChI=1S/C11H16N2O/c1-9-3-4-11(12-7-9)14-10-5-6-13(2)8-10/h3-4,7,10H,5-6,8H2,1-2H3/t10-/m0/s1. The minimum absolute atomic E-state index is 0.315. The fourth-order valence-electron chi connectivity index (χ4n) is 1.69. The van der Waals surface area contributed by atoms with E-state index < -0.39 is 0 Å². The predicted octanol–water partition coefficient (Wildman–Crippen LogP) is 1.47. The number of pyridine rings is 1. The van der Waals surface area contributed by atoms with Crippen molar-refractivity contribution in [2.45, 2.75) is 19.4 Å². The average molecular weight is 192 g/mol. The molecule has 3 nitrogen and oxygen atoms in total. The van der Waals surface area contributed by atoms with Crippen LogP contribution in [-0.2, 0) is 0 Å². The van der Waals surface area contributed by atoms with E-state index in [2.05, 4.69) is 16.9 Å². The van der Waals surface area contributed by atoms with Gasteiger partial charge in [0, 0.05) is 25.4 Å². The Balaban J connectivity index is 1.94. The van der Waals surface area contributed by atoms with Crippen LogP contribution in [-0.4, -0.2) is 36.1 Å². The summed E-state index contributed by atoms with van der Waals surface area (Å²) in [7, 11) is 2.12. The maximum absolute atomic E-state index is 5.75. The largest absolute Gasteiger partial charge is 0.473 e. The van der Waals surface area contributed by atoms with Crippen molar-refractivity contribution in [1.29, 1.82) is 0 Å². The lowest BCUT2D eigenvalue weighted by Gasteiger charge is -2.12. The van der Waals surface area contributed by atoms with Gasteiger partial charge in [0.2, 0.25) is 5.88 Å². The highest BCUT2D eigenvalue weighted by Gasteiger charge is 2.20. The molecule has 14 heavy (non-hydrogen) atoms. The molecule has 1 aliphatic heterocycles. The highest BCUT2D eigenvalue weighted by atomic mass is 16.5. The number of ether oxygens (including phenoxy) is 1. The highest BCUT2D eigenvalue weighted by Crippen LogP contribution is 2.15. The average Bonchev–Trinajstić information content (AvgIpc) is 2.56. The first-order valence-electron chi connectivity index (χ1n) is 5.02. The van der Waals surface area contributed by atoms with E-state index in [1.807, 2.05) is 25.3 Å². The maximum atomic E-state index is 5.75. The monoisotopic (exact) mass is 192 g/mol. The quantitative estimate of drug-likeness (QED) is 0.709. The van der Waals surface area contributed by atoms with Crippen LogP contribution in [0.2, 0.25) is 0 Å². The van der Waals surface area contributed by atoms with E-state index in [1.54, 1.807) is 0 Å². The first-order valence-corrected chi connectivity index (χ1v) is 5.02. The van der Waals surface area contributed by atoms with E-state index >= 15 is 0 Å². The second-order valence-electron chi connectivity index (χ2n) is 3.96. The molecule has 0 amide bonds. The molecule has 3 heteroatoms. The lowest BCUT2D eigenvalue weighted by atomic mass is 10.3. The Labute approximate surface area is 84.7 Å². The molecular weight excluding hydrogens is 176 g/mol.